The Kier molecular flexibility index (Phi) is 5.03. The van der Waals surface area contributed by atoms with Crippen molar-refractivity contribution in [3.05, 3.63) is 65.2 Å². The maximum Gasteiger partial charge on any atom is 0.249 e. The Balaban J connectivity index is 1.80. The number of likely N-dealkylation sites (tertiary alicyclic amines) is 1. The lowest BCUT2D eigenvalue weighted by Gasteiger charge is -2.34. The van der Waals surface area contributed by atoms with Crippen LogP contribution in [0.25, 0.3) is 0 Å². The van der Waals surface area contributed by atoms with E-state index in [-0.39, 0.29) is 18.4 Å². The number of hydrogen-bond acceptors (Lipinski definition) is 3. The minimum Gasteiger partial charge on any atom is -0.390 e. The standard InChI is InChI=1S/C20H21ClN2O3/c1-20(2,19(26)22-15-10-6-9-14(21)11-15)23-12-16(24)17(18(23)25)13-7-4-3-5-8-13/h3-11,16-17,24H,12H2,1-2H3,(H,22,26). The lowest BCUT2D eigenvalue weighted by molar-refractivity contribution is -0.140. The van der Waals surface area contributed by atoms with Crippen LogP contribution in [-0.2, 0) is 9.59 Å². The van der Waals surface area contributed by atoms with Gasteiger partial charge in [0.2, 0.25) is 11.8 Å². The predicted molar refractivity (Wildman–Crippen MR) is 101 cm³/mol. The monoisotopic (exact) mass is 372 g/mol. The van der Waals surface area contributed by atoms with Crippen molar-refractivity contribution in [3.8, 4) is 0 Å². The summed E-state index contributed by atoms with van der Waals surface area (Å²) in [6.45, 7) is 3.45. The number of rotatable bonds is 4. The Hall–Kier alpha value is -2.37. The number of aliphatic hydroxyl groups excluding tert-OH is 1. The van der Waals surface area contributed by atoms with Gasteiger partial charge in [0.05, 0.1) is 12.0 Å². The van der Waals surface area contributed by atoms with Crippen molar-refractivity contribution >= 4 is 29.1 Å². The summed E-state index contributed by atoms with van der Waals surface area (Å²) in [6, 6.07) is 16.0. The van der Waals surface area contributed by atoms with E-state index in [2.05, 4.69) is 5.32 Å². The van der Waals surface area contributed by atoms with Gasteiger partial charge in [0, 0.05) is 17.3 Å². The van der Waals surface area contributed by atoms with E-state index >= 15 is 0 Å². The summed E-state index contributed by atoms with van der Waals surface area (Å²) in [5.41, 5.74) is 0.185. The van der Waals surface area contributed by atoms with Crippen LogP contribution in [0.2, 0.25) is 5.02 Å². The van der Waals surface area contributed by atoms with Crippen LogP contribution in [0.4, 0.5) is 5.69 Å². The molecule has 1 heterocycles. The molecule has 1 aliphatic rings. The zero-order chi connectivity index (χ0) is 18.9. The summed E-state index contributed by atoms with van der Waals surface area (Å²) >= 11 is 5.95. The summed E-state index contributed by atoms with van der Waals surface area (Å²) in [4.78, 5) is 27.2. The van der Waals surface area contributed by atoms with E-state index in [0.717, 1.165) is 5.56 Å². The normalized spacial score (nSPS) is 20.3. The van der Waals surface area contributed by atoms with E-state index in [1.165, 1.54) is 4.90 Å². The Bertz CT molecular complexity index is 823. The van der Waals surface area contributed by atoms with Crippen LogP contribution in [0.1, 0.15) is 25.3 Å². The number of benzene rings is 2. The number of β-amino-alcohol motifs (C(OH)–C–C–N with tert-alkyl or cyclic N) is 1. The second-order valence-electron chi connectivity index (χ2n) is 6.93. The van der Waals surface area contributed by atoms with Gasteiger partial charge in [-0.2, -0.15) is 0 Å². The molecule has 0 saturated carbocycles. The van der Waals surface area contributed by atoms with Gasteiger partial charge in [0.1, 0.15) is 5.54 Å². The lowest BCUT2D eigenvalue weighted by atomic mass is 9.95. The maximum absolute atomic E-state index is 12.9. The van der Waals surface area contributed by atoms with Gasteiger partial charge in [-0.15, -0.1) is 0 Å². The minimum absolute atomic E-state index is 0.106. The van der Waals surface area contributed by atoms with Crippen molar-refractivity contribution in [2.75, 3.05) is 11.9 Å². The van der Waals surface area contributed by atoms with Gasteiger partial charge in [0.15, 0.2) is 0 Å². The molecule has 1 fully saturated rings. The highest BCUT2D eigenvalue weighted by atomic mass is 35.5. The molecule has 26 heavy (non-hydrogen) atoms. The Labute approximate surface area is 157 Å². The molecular formula is C20H21ClN2O3. The molecule has 6 heteroatoms. The molecule has 2 unspecified atom stereocenters. The van der Waals surface area contributed by atoms with Crippen molar-refractivity contribution in [1.29, 1.82) is 0 Å². The van der Waals surface area contributed by atoms with Gasteiger partial charge in [0.25, 0.3) is 0 Å². The van der Waals surface area contributed by atoms with Gasteiger partial charge >= 0.3 is 0 Å². The first-order chi connectivity index (χ1) is 12.3. The highest BCUT2D eigenvalue weighted by molar-refractivity contribution is 6.30. The SMILES string of the molecule is CC(C)(C(=O)Nc1cccc(Cl)c1)N1CC(O)C(c2ccccc2)C1=O. The van der Waals surface area contributed by atoms with E-state index in [0.29, 0.717) is 10.7 Å². The number of amides is 2. The summed E-state index contributed by atoms with van der Waals surface area (Å²) in [5, 5.41) is 13.7. The fraction of sp³-hybridized carbons (Fsp3) is 0.300. The second kappa shape index (κ2) is 7.09. The molecule has 0 spiro atoms. The van der Waals surface area contributed by atoms with E-state index in [4.69, 9.17) is 11.6 Å². The Morgan fingerprint density at radius 2 is 1.88 bits per heavy atom. The van der Waals surface area contributed by atoms with Crippen LogP contribution in [0.15, 0.2) is 54.6 Å². The van der Waals surface area contributed by atoms with Gasteiger partial charge in [-0.3, -0.25) is 9.59 Å². The first-order valence-electron chi connectivity index (χ1n) is 8.42. The summed E-state index contributed by atoms with van der Waals surface area (Å²) < 4.78 is 0. The largest absolute Gasteiger partial charge is 0.390 e. The number of anilines is 1. The van der Waals surface area contributed by atoms with Crippen LogP contribution < -0.4 is 5.32 Å². The molecule has 3 rings (SSSR count). The molecule has 5 nitrogen and oxygen atoms in total. The fourth-order valence-electron chi connectivity index (χ4n) is 3.22. The van der Waals surface area contributed by atoms with Gasteiger partial charge in [-0.1, -0.05) is 48.0 Å². The smallest absolute Gasteiger partial charge is 0.249 e. The van der Waals surface area contributed by atoms with Gasteiger partial charge in [-0.05, 0) is 37.6 Å². The maximum atomic E-state index is 12.9. The minimum atomic E-state index is -1.12. The van der Waals surface area contributed by atoms with Crippen LogP contribution >= 0.6 is 11.6 Å². The van der Waals surface area contributed by atoms with Crippen LogP contribution in [-0.4, -0.2) is 40.0 Å². The molecule has 2 N–H and O–H groups in total. The molecule has 2 aromatic carbocycles. The fourth-order valence-corrected chi connectivity index (χ4v) is 3.41. The third kappa shape index (κ3) is 3.45. The quantitative estimate of drug-likeness (QED) is 0.866. The summed E-state index contributed by atoms with van der Waals surface area (Å²) in [6.07, 6.45) is -0.858. The van der Waals surface area contributed by atoms with E-state index in [1.807, 2.05) is 30.3 Å². The summed E-state index contributed by atoms with van der Waals surface area (Å²) in [7, 11) is 0. The number of hydrogen-bond donors (Lipinski definition) is 2. The van der Waals surface area contributed by atoms with Crippen LogP contribution in [0.5, 0.6) is 0 Å². The molecule has 0 radical (unpaired) electrons. The van der Waals surface area contributed by atoms with E-state index in [9.17, 15) is 14.7 Å². The van der Waals surface area contributed by atoms with Gasteiger partial charge < -0.3 is 15.3 Å². The zero-order valence-electron chi connectivity index (χ0n) is 14.6. The third-order valence-electron chi connectivity index (χ3n) is 4.76. The number of carbonyl (C=O) groups is 2. The average molecular weight is 373 g/mol. The number of aliphatic hydroxyl groups is 1. The molecule has 2 amide bonds. The first kappa shape index (κ1) is 18.4. The molecule has 0 aliphatic carbocycles. The number of nitrogens with one attached hydrogen (secondary N) is 1. The molecule has 0 aromatic heterocycles. The lowest BCUT2D eigenvalue weighted by Crippen LogP contribution is -2.53. The Morgan fingerprint density at radius 1 is 1.19 bits per heavy atom. The molecular weight excluding hydrogens is 352 g/mol. The molecule has 1 saturated heterocycles. The third-order valence-corrected chi connectivity index (χ3v) is 4.99. The zero-order valence-corrected chi connectivity index (χ0v) is 15.4. The number of halogens is 1. The highest BCUT2D eigenvalue weighted by Gasteiger charge is 2.48. The van der Waals surface area contributed by atoms with Crippen molar-refractivity contribution < 1.29 is 14.7 Å². The van der Waals surface area contributed by atoms with Gasteiger partial charge in [-0.25, -0.2) is 0 Å². The molecule has 2 atom stereocenters. The van der Waals surface area contributed by atoms with Crippen molar-refractivity contribution in [2.24, 2.45) is 0 Å². The second-order valence-corrected chi connectivity index (χ2v) is 7.36. The van der Waals surface area contributed by atoms with Crippen LogP contribution in [0.3, 0.4) is 0 Å². The number of carbonyl (C=O) groups excluding carboxylic acids is 2. The molecule has 136 valence electrons. The number of nitrogens with zero attached hydrogens (tertiary/aromatic N) is 1. The van der Waals surface area contributed by atoms with E-state index in [1.54, 1.807) is 38.1 Å². The predicted octanol–water partition coefficient (Wildman–Crippen LogP) is 3.04. The first-order valence-corrected chi connectivity index (χ1v) is 8.80. The highest BCUT2D eigenvalue weighted by Crippen LogP contribution is 2.34. The molecule has 1 aliphatic heterocycles. The van der Waals surface area contributed by atoms with Crippen molar-refractivity contribution in [3.63, 3.8) is 0 Å². The van der Waals surface area contributed by atoms with Crippen molar-refractivity contribution in [1.82, 2.24) is 4.90 Å². The van der Waals surface area contributed by atoms with Crippen LogP contribution in [0, 0.1) is 0 Å². The average Bonchev–Trinajstić information content (AvgIpc) is 2.91. The molecule has 0 bridgehead atoms. The topological polar surface area (TPSA) is 69.6 Å². The Morgan fingerprint density at radius 3 is 2.54 bits per heavy atom. The van der Waals surface area contributed by atoms with E-state index < -0.39 is 17.6 Å². The molecule has 2 aromatic rings. The summed E-state index contributed by atoms with van der Waals surface area (Å²) in [5.74, 6) is -1.25. The van der Waals surface area contributed by atoms with Crippen molar-refractivity contribution in [2.45, 2.75) is 31.4 Å².